The topological polar surface area (TPSA) is 52.6 Å². The van der Waals surface area contributed by atoms with E-state index in [9.17, 15) is 9.59 Å². The summed E-state index contributed by atoms with van der Waals surface area (Å²) < 4.78 is 9.20. The van der Waals surface area contributed by atoms with E-state index in [0.29, 0.717) is 19.0 Å². The van der Waals surface area contributed by atoms with Gasteiger partial charge in [0.2, 0.25) is 0 Å². The first-order valence-corrected chi connectivity index (χ1v) is 6.69. The van der Waals surface area contributed by atoms with Gasteiger partial charge < -0.3 is 9.47 Å². The number of hydrogen-bond donors (Lipinski definition) is 0. The van der Waals surface area contributed by atoms with Crippen molar-refractivity contribution in [3.05, 3.63) is 0 Å². The Morgan fingerprint density at radius 2 is 1.64 bits per heavy atom. The van der Waals surface area contributed by atoms with Gasteiger partial charge in [-0.15, -0.1) is 0 Å². The fourth-order valence-electron chi connectivity index (χ4n) is 0.493. The molecule has 4 nitrogen and oxygen atoms in total. The second-order valence-electron chi connectivity index (χ2n) is 2.07. The summed E-state index contributed by atoms with van der Waals surface area (Å²) in [5, 5.41) is 0. The summed E-state index contributed by atoms with van der Waals surface area (Å²) in [5.41, 5.74) is -0.782. The molecular formula is C7H11ClO4S2. The van der Waals surface area contributed by atoms with E-state index in [4.69, 9.17) is 16.3 Å². The highest BCUT2D eigenvalue weighted by molar-refractivity contribution is 8.76. The van der Waals surface area contributed by atoms with Gasteiger partial charge in [0.05, 0.1) is 0 Å². The van der Waals surface area contributed by atoms with E-state index in [2.05, 4.69) is 4.74 Å². The van der Waals surface area contributed by atoms with Crippen molar-refractivity contribution in [2.45, 2.75) is 6.92 Å². The van der Waals surface area contributed by atoms with Crippen LogP contribution in [0.4, 0.5) is 4.79 Å². The molecule has 0 atom stereocenters. The molecule has 0 aliphatic heterocycles. The zero-order chi connectivity index (χ0) is 10.8. The van der Waals surface area contributed by atoms with Gasteiger partial charge in [-0.05, 0) is 0 Å². The first kappa shape index (κ1) is 13.9. The Morgan fingerprint density at radius 3 is 2.07 bits per heavy atom. The molecule has 14 heavy (non-hydrogen) atoms. The molecule has 0 radical (unpaired) electrons. The molecule has 0 fully saturated rings. The fourth-order valence-corrected chi connectivity index (χ4v) is 2.22. The molecular weight excluding hydrogens is 248 g/mol. The third-order valence-corrected chi connectivity index (χ3v) is 3.38. The molecule has 0 amide bonds. The maximum atomic E-state index is 10.3. The van der Waals surface area contributed by atoms with Crippen LogP contribution in [0, 0.1) is 0 Å². The maximum Gasteiger partial charge on any atom is 0.403 e. The minimum atomic E-state index is -0.782. The lowest BCUT2D eigenvalue weighted by Crippen LogP contribution is -2.02. The first-order chi connectivity index (χ1) is 6.63. The van der Waals surface area contributed by atoms with Crippen molar-refractivity contribution < 1.29 is 19.1 Å². The van der Waals surface area contributed by atoms with Crippen molar-refractivity contribution in [3.63, 3.8) is 0 Å². The molecule has 0 aliphatic rings. The van der Waals surface area contributed by atoms with Crippen LogP contribution in [-0.4, -0.2) is 36.1 Å². The standard InChI is InChI=1S/C7H11ClO4S2/c1-6(9)11-2-4-13-14-5-3-12-7(8)10/h2-5H2,1H3. The molecule has 0 rings (SSSR count). The predicted octanol–water partition coefficient (Wildman–Crippen LogP) is 2.31. The Hall–Kier alpha value is -0.0700. The van der Waals surface area contributed by atoms with Gasteiger partial charge >= 0.3 is 11.4 Å². The Morgan fingerprint density at radius 1 is 1.14 bits per heavy atom. The lowest BCUT2D eigenvalue weighted by molar-refractivity contribution is -0.140. The van der Waals surface area contributed by atoms with E-state index < -0.39 is 5.43 Å². The van der Waals surface area contributed by atoms with Crippen LogP contribution in [0.1, 0.15) is 6.92 Å². The molecule has 0 saturated heterocycles. The van der Waals surface area contributed by atoms with Crippen LogP contribution in [0.5, 0.6) is 0 Å². The Labute approximate surface area is 95.4 Å². The molecule has 0 saturated carbocycles. The summed E-state index contributed by atoms with van der Waals surface area (Å²) in [7, 11) is 3.09. The van der Waals surface area contributed by atoms with E-state index in [1.165, 1.54) is 17.7 Å². The summed E-state index contributed by atoms with van der Waals surface area (Å²) in [6.45, 7) is 2.08. The van der Waals surface area contributed by atoms with Gasteiger partial charge in [0, 0.05) is 30.0 Å². The van der Waals surface area contributed by atoms with Gasteiger partial charge in [-0.3, -0.25) is 4.79 Å². The van der Waals surface area contributed by atoms with Crippen LogP contribution in [0.2, 0.25) is 0 Å². The van der Waals surface area contributed by atoms with Crippen molar-refractivity contribution in [2.24, 2.45) is 0 Å². The average molecular weight is 259 g/mol. The minimum Gasteiger partial charge on any atom is -0.465 e. The third kappa shape index (κ3) is 11.9. The second-order valence-corrected chi connectivity index (χ2v) is 5.08. The van der Waals surface area contributed by atoms with Gasteiger partial charge in [0.25, 0.3) is 0 Å². The van der Waals surface area contributed by atoms with Crippen LogP contribution >= 0.6 is 33.2 Å². The van der Waals surface area contributed by atoms with Gasteiger partial charge in [0.1, 0.15) is 13.2 Å². The summed E-state index contributed by atoms with van der Waals surface area (Å²) in [6, 6.07) is 0. The SMILES string of the molecule is CC(=O)OCCSSCCOC(=O)Cl. The van der Waals surface area contributed by atoms with Crippen LogP contribution in [0.15, 0.2) is 0 Å². The predicted molar refractivity (Wildman–Crippen MR) is 58.8 cm³/mol. The van der Waals surface area contributed by atoms with Crippen LogP contribution in [-0.2, 0) is 14.3 Å². The lowest BCUT2D eigenvalue weighted by Gasteiger charge is -2.01. The quantitative estimate of drug-likeness (QED) is 0.302. The van der Waals surface area contributed by atoms with Gasteiger partial charge in [0.15, 0.2) is 0 Å². The minimum absolute atomic E-state index is 0.272. The number of halogens is 1. The summed E-state index contributed by atoms with van der Waals surface area (Å²) >= 11 is 4.94. The van der Waals surface area contributed by atoms with E-state index in [-0.39, 0.29) is 5.97 Å². The monoisotopic (exact) mass is 258 g/mol. The van der Waals surface area contributed by atoms with Crippen LogP contribution in [0.3, 0.4) is 0 Å². The summed E-state index contributed by atoms with van der Waals surface area (Å²) in [5.74, 6) is 1.12. The zero-order valence-electron chi connectivity index (χ0n) is 7.66. The van der Waals surface area contributed by atoms with Crippen molar-refractivity contribution >= 4 is 44.6 Å². The molecule has 0 aliphatic carbocycles. The molecule has 0 aromatic carbocycles. The molecule has 0 bridgehead atoms. The second kappa shape index (κ2) is 9.48. The molecule has 0 aromatic heterocycles. The van der Waals surface area contributed by atoms with E-state index in [0.717, 1.165) is 5.75 Å². The largest absolute Gasteiger partial charge is 0.465 e. The number of esters is 1. The first-order valence-electron chi connectivity index (χ1n) is 3.83. The number of rotatable bonds is 7. The van der Waals surface area contributed by atoms with Crippen LogP contribution in [0.25, 0.3) is 0 Å². The van der Waals surface area contributed by atoms with Crippen LogP contribution < -0.4 is 0 Å². The summed E-state index contributed by atoms with van der Waals surface area (Å²) in [6.07, 6.45) is 0. The zero-order valence-corrected chi connectivity index (χ0v) is 10.0. The molecule has 0 unspecified atom stereocenters. The van der Waals surface area contributed by atoms with Gasteiger partial charge in [-0.1, -0.05) is 21.6 Å². The van der Waals surface area contributed by atoms with Gasteiger partial charge in [-0.25, -0.2) is 4.79 Å². The average Bonchev–Trinajstić information content (AvgIpc) is 2.08. The highest BCUT2D eigenvalue weighted by atomic mass is 35.5. The highest BCUT2D eigenvalue weighted by Gasteiger charge is 1.96. The number of hydrogen-bond acceptors (Lipinski definition) is 6. The van der Waals surface area contributed by atoms with Crippen molar-refractivity contribution in [1.29, 1.82) is 0 Å². The number of carbonyl (C=O) groups excluding carboxylic acids is 2. The van der Waals surface area contributed by atoms with E-state index >= 15 is 0 Å². The van der Waals surface area contributed by atoms with Crippen molar-refractivity contribution in [2.75, 3.05) is 24.7 Å². The number of carbonyl (C=O) groups is 2. The Balaban J connectivity index is 2.99. The molecule has 7 heteroatoms. The normalized spacial score (nSPS) is 9.57. The van der Waals surface area contributed by atoms with E-state index in [1.54, 1.807) is 10.8 Å². The molecule has 0 N–H and O–H groups in total. The highest BCUT2D eigenvalue weighted by Crippen LogP contribution is 2.20. The lowest BCUT2D eigenvalue weighted by atomic mass is 10.8. The van der Waals surface area contributed by atoms with Crippen molar-refractivity contribution in [1.82, 2.24) is 0 Å². The van der Waals surface area contributed by atoms with E-state index in [1.807, 2.05) is 0 Å². The molecule has 0 aromatic rings. The molecule has 0 spiro atoms. The molecule has 82 valence electrons. The van der Waals surface area contributed by atoms with Gasteiger partial charge in [-0.2, -0.15) is 0 Å². The smallest absolute Gasteiger partial charge is 0.403 e. The maximum absolute atomic E-state index is 10.3. The molecule has 0 heterocycles. The van der Waals surface area contributed by atoms with Crippen molar-refractivity contribution in [3.8, 4) is 0 Å². The summed E-state index contributed by atoms with van der Waals surface area (Å²) in [4.78, 5) is 20.5. The Kier molecular flexibility index (Phi) is 9.44. The number of ether oxygens (including phenoxy) is 2. The third-order valence-electron chi connectivity index (χ3n) is 0.938. The fraction of sp³-hybridized carbons (Fsp3) is 0.714. The Bertz CT molecular complexity index is 169.